The van der Waals surface area contributed by atoms with Crippen LogP contribution in [-0.2, 0) is 9.84 Å². The van der Waals surface area contributed by atoms with Gasteiger partial charge in [-0.3, -0.25) is 0 Å². The molecule has 0 aliphatic carbocycles. The molecule has 1 saturated heterocycles. The fraction of sp³-hybridized carbons (Fsp3) is 0.571. The summed E-state index contributed by atoms with van der Waals surface area (Å²) in [7, 11) is -3.11. The lowest BCUT2D eigenvalue weighted by atomic mass is 10.1. The molecule has 0 radical (unpaired) electrons. The SMILES string of the molecule is CCCS(=O)(=O)c1ccc(N2CCC[C@@H](N)C2)cc1. The first kappa shape index (κ1) is 14.3. The van der Waals surface area contributed by atoms with Crippen LogP contribution in [0.2, 0.25) is 0 Å². The van der Waals surface area contributed by atoms with E-state index >= 15 is 0 Å². The van der Waals surface area contributed by atoms with Crippen LogP contribution in [0.5, 0.6) is 0 Å². The van der Waals surface area contributed by atoms with Crippen LogP contribution in [0, 0.1) is 0 Å². The van der Waals surface area contributed by atoms with Gasteiger partial charge >= 0.3 is 0 Å². The number of benzene rings is 1. The zero-order valence-corrected chi connectivity index (χ0v) is 12.2. The van der Waals surface area contributed by atoms with Crippen molar-refractivity contribution in [3.05, 3.63) is 24.3 Å². The van der Waals surface area contributed by atoms with E-state index in [2.05, 4.69) is 4.90 Å². The number of anilines is 1. The van der Waals surface area contributed by atoms with Crippen LogP contribution < -0.4 is 10.6 Å². The van der Waals surface area contributed by atoms with Gasteiger partial charge in [-0.25, -0.2) is 8.42 Å². The highest BCUT2D eigenvalue weighted by Gasteiger charge is 2.18. The third-order valence-corrected chi connectivity index (χ3v) is 5.43. The van der Waals surface area contributed by atoms with Crippen molar-refractivity contribution in [3.63, 3.8) is 0 Å². The van der Waals surface area contributed by atoms with Gasteiger partial charge in [0.2, 0.25) is 0 Å². The molecule has 106 valence electrons. The van der Waals surface area contributed by atoms with E-state index in [1.165, 1.54) is 0 Å². The van der Waals surface area contributed by atoms with Crippen LogP contribution in [-0.4, -0.2) is 33.3 Å². The Hall–Kier alpha value is -1.07. The normalized spacial score (nSPS) is 20.5. The molecular weight excluding hydrogens is 260 g/mol. The second kappa shape index (κ2) is 5.92. The Kier molecular flexibility index (Phi) is 4.47. The molecule has 0 aromatic heterocycles. The van der Waals surface area contributed by atoms with Gasteiger partial charge in [0.25, 0.3) is 0 Å². The number of hydrogen-bond acceptors (Lipinski definition) is 4. The minimum Gasteiger partial charge on any atom is -0.370 e. The van der Waals surface area contributed by atoms with Gasteiger partial charge in [0.1, 0.15) is 0 Å². The maximum absolute atomic E-state index is 11.9. The fourth-order valence-corrected chi connectivity index (χ4v) is 3.82. The lowest BCUT2D eigenvalue weighted by Crippen LogP contribution is -2.42. The van der Waals surface area contributed by atoms with Crippen LogP contribution in [0.25, 0.3) is 0 Å². The molecule has 0 spiro atoms. The second-order valence-electron chi connectivity index (χ2n) is 5.16. The number of nitrogens with zero attached hydrogens (tertiary/aromatic N) is 1. The molecule has 0 unspecified atom stereocenters. The molecule has 2 N–H and O–H groups in total. The lowest BCUT2D eigenvalue weighted by Gasteiger charge is -2.32. The van der Waals surface area contributed by atoms with Crippen LogP contribution >= 0.6 is 0 Å². The van der Waals surface area contributed by atoms with Gasteiger partial charge in [-0.2, -0.15) is 0 Å². The van der Waals surface area contributed by atoms with Gasteiger partial charge < -0.3 is 10.6 Å². The highest BCUT2D eigenvalue weighted by molar-refractivity contribution is 7.91. The van der Waals surface area contributed by atoms with E-state index in [4.69, 9.17) is 5.73 Å². The van der Waals surface area contributed by atoms with Gasteiger partial charge in [-0.05, 0) is 43.5 Å². The molecule has 19 heavy (non-hydrogen) atoms. The van der Waals surface area contributed by atoms with Crippen molar-refractivity contribution >= 4 is 15.5 Å². The third kappa shape index (κ3) is 3.48. The average molecular weight is 282 g/mol. The standard InChI is InChI=1S/C14H22N2O2S/c1-2-10-19(17,18)14-7-5-13(6-8-14)16-9-3-4-12(15)11-16/h5-8,12H,2-4,9-11,15H2,1H3/t12-/m1/s1. The molecule has 2 rings (SSSR count). The molecule has 0 bridgehead atoms. The number of nitrogens with two attached hydrogens (primary N) is 1. The van der Waals surface area contributed by atoms with Crippen molar-refractivity contribution in [2.24, 2.45) is 5.73 Å². The van der Waals surface area contributed by atoms with E-state index in [1.54, 1.807) is 12.1 Å². The van der Waals surface area contributed by atoms with E-state index in [0.29, 0.717) is 11.3 Å². The molecule has 0 amide bonds. The number of rotatable bonds is 4. The minimum absolute atomic E-state index is 0.209. The van der Waals surface area contributed by atoms with E-state index in [0.717, 1.165) is 31.6 Å². The summed E-state index contributed by atoms with van der Waals surface area (Å²) in [5, 5.41) is 0. The molecule has 1 fully saturated rings. The molecule has 1 aromatic rings. The first-order valence-electron chi connectivity index (χ1n) is 6.86. The Morgan fingerprint density at radius 2 is 2.00 bits per heavy atom. The summed E-state index contributed by atoms with van der Waals surface area (Å²) in [5.41, 5.74) is 7.02. The molecule has 4 nitrogen and oxygen atoms in total. The van der Waals surface area contributed by atoms with Crippen molar-refractivity contribution in [1.82, 2.24) is 0 Å². The smallest absolute Gasteiger partial charge is 0.178 e. The summed E-state index contributed by atoms with van der Waals surface area (Å²) < 4.78 is 23.9. The Labute approximate surface area is 115 Å². The van der Waals surface area contributed by atoms with E-state index in [1.807, 2.05) is 19.1 Å². The van der Waals surface area contributed by atoms with Crippen molar-refractivity contribution in [2.75, 3.05) is 23.7 Å². The highest BCUT2D eigenvalue weighted by Crippen LogP contribution is 2.22. The Bertz CT molecular complexity index is 511. The van der Waals surface area contributed by atoms with Gasteiger partial charge in [0.15, 0.2) is 9.84 Å². The van der Waals surface area contributed by atoms with Crippen LogP contribution in [0.4, 0.5) is 5.69 Å². The minimum atomic E-state index is -3.11. The largest absolute Gasteiger partial charge is 0.370 e. The molecule has 1 aromatic carbocycles. The van der Waals surface area contributed by atoms with Crippen molar-refractivity contribution in [1.29, 1.82) is 0 Å². The zero-order valence-electron chi connectivity index (χ0n) is 11.4. The zero-order chi connectivity index (χ0) is 13.9. The van der Waals surface area contributed by atoms with Gasteiger partial charge in [-0.1, -0.05) is 6.92 Å². The average Bonchev–Trinajstić information content (AvgIpc) is 2.39. The number of sulfone groups is 1. The Balaban J connectivity index is 2.14. The van der Waals surface area contributed by atoms with E-state index in [-0.39, 0.29) is 11.8 Å². The topological polar surface area (TPSA) is 63.4 Å². The van der Waals surface area contributed by atoms with Crippen LogP contribution in [0.1, 0.15) is 26.2 Å². The van der Waals surface area contributed by atoms with Gasteiger partial charge in [0.05, 0.1) is 10.6 Å². The molecule has 1 atom stereocenters. The summed E-state index contributed by atoms with van der Waals surface area (Å²) >= 11 is 0. The van der Waals surface area contributed by atoms with Gasteiger partial charge in [0, 0.05) is 24.8 Å². The van der Waals surface area contributed by atoms with Crippen LogP contribution in [0.15, 0.2) is 29.2 Å². The summed E-state index contributed by atoms with van der Waals surface area (Å²) in [6.07, 6.45) is 2.81. The lowest BCUT2D eigenvalue weighted by molar-refractivity contribution is 0.506. The molecular formula is C14H22N2O2S. The van der Waals surface area contributed by atoms with Crippen LogP contribution in [0.3, 0.4) is 0 Å². The Morgan fingerprint density at radius 3 is 2.58 bits per heavy atom. The van der Waals surface area contributed by atoms with Crippen molar-refractivity contribution in [3.8, 4) is 0 Å². The van der Waals surface area contributed by atoms with Gasteiger partial charge in [-0.15, -0.1) is 0 Å². The predicted molar refractivity (Wildman–Crippen MR) is 78.2 cm³/mol. The van der Waals surface area contributed by atoms with E-state index in [9.17, 15) is 8.42 Å². The first-order chi connectivity index (χ1) is 9.03. The molecule has 0 saturated carbocycles. The fourth-order valence-electron chi connectivity index (χ4n) is 2.50. The first-order valence-corrected chi connectivity index (χ1v) is 8.51. The Morgan fingerprint density at radius 1 is 1.32 bits per heavy atom. The summed E-state index contributed by atoms with van der Waals surface area (Å²) in [6, 6.07) is 7.42. The summed E-state index contributed by atoms with van der Waals surface area (Å²) in [5.74, 6) is 0.209. The molecule has 5 heteroatoms. The quantitative estimate of drug-likeness (QED) is 0.914. The third-order valence-electron chi connectivity index (χ3n) is 3.49. The predicted octanol–water partition coefficient (Wildman–Crippen LogP) is 1.80. The molecule has 1 heterocycles. The number of piperidine rings is 1. The monoisotopic (exact) mass is 282 g/mol. The summed E-state index contributed by atoms with van der Waals surface area (Å²) in [4.78, 5) is 2.64. The van der Waals surface area contributed by atoms with Crippen molar-refractivity contribution < 1.29 is 8.42 Å². The van der Waals surface area contributed by atoms with Crippen molar-refractivity contribution in [2.45, 2.75) is 37.1 Å². The highest BCUT2D eigenvalue weighted by atomic mass is 32.2. The number of hydrogen-bond donors (Lipinski definition) is 1. The second-order valence-corrected chi connectivity index (χ2v) is 7.27. The maximum atomic E-state index is 11.9. The molecule has 1 aliphatic heterocycles. The summed E-state index contributed by atoms with van der Waals surface area (Å²) in [6.45, 7) is 3.72. The maximum Gasteiger partial charge on any atom is 0.178 e. The van der Waals surface area contributed by atoms with E-state index < -0.39 is 9.84 Å². The molecule has 1 aliphatic rings.